The van der Waals surface area contributed by atoms with Crippen LogP contribution < -0.4 is 10.1 Å². The summed E-state index contributed by atoms with van der Waals surface area (Å²) >= 11 is 13.7. The van der Waals surface area contributed by atoms with Gasteiger partial charge in [0, 0.05) is 17.6 Å². The van der Waals surface area contributed by atoms with E-state index in [1.54, 1.807) is 0 Å². The van der Waals surface area contributed by atoms with Crippen molar-refractivity contribution in [2.24, 2.45) is 0 Å². The number of H-pyrrole nitrogens is 1. The lowest BCUT2D eigenvalue weighted by atomic mass is 10.1. The molecule has 0 atom stereocenters. The Morgan fingerprint density at radius 1 is 1.21 bits per heavy atom. The van der Waals surface area contributed by atoms with Crippen LogP contribution in [0.4, 0.5) is 5.13 Å². The second-order valence-electron chi connectivity index (χ2n) is 7.37. The molecule has 2 N–H and O–H groups in total. The lowest BCUT2D eigenvalue weighted by Gasteiger charge is -2.08. The minimum Gasteiger partial charge on any atom is -0.487 e. The fraction of sp³-hybridized carbons (Fsp3) is 0.136. The predicted molar refractivity (Wildman–Crippen MR) is 128 cm³/mol. The minimum absolute atomic E-state index is 0.277. The molecule has 4 aromatic rings. The standard InChI is InChI=1S/C22H16Cl2N6O2S/c1-11-7-14(18(24)17(11)23)21(31)26-22-25-19-15(32-10-12-5-3-2-4-6-12)8-13(9-16(19)33-22)20-27-29-30-28-20/h2-6,8-9H,7,10H2,1H3,(H,25,26,31)(H,27,28,29,30). The van der Waals surface area contributed by atoms with Crippen LogP contribution in [-0.2, 0) is 11.4 Å². The van der Waals surface area contributed by atoms with Gasteiger partial charge in [0.05, 0.1) is 14.8 Å². The molecule has 0 spiro atoms. The Hall–Kier alpha value is -3.27. The number of aromatic nitrogens is 5. The summed E-state index contributed by atoms with van der Waals surface area (Å²) in [5.41, 5.74) is 3.64. The van der Waals surface area contributed by atoms with Crippen molar-refractivity contribution in [1.82, 2.24) is 25.6 Å². The molecule has 0 aliphatic heterocycles. The first-order chi connectivity index (χ1) is 16.0. The number of aromatic amines is 1. The van der Waals surface area contributed by atoms with Gasteiger partial charge in [0.1, 0.15) is 17.9 Å². The van der Waals surface area contributed by atoms with Gasteiger partial charge in [-0.15, -0.1) is 10.2 Å². The molecule has 1 aliphatic rings. The SMILES string of the molecule is CC1=C(Cl)C(Cl)=C(C(=O)Nc2nc3c(OCc4ccccc4)cc(-c4nn[nH]n4)cc3s2)C1. The maximum atomic E-state index is 12.8. The number of halogens is 2. The van der Waals surface area contributed by atoms with E-state index in [1.165, 1.54) is 11.3 Å². The number of ether oxygens (including phenoxy) is 1. The number of hydrogen-bond acceptors (Lipinski definition) is 7. The molecule has 0 unspecified atom stereocenters. The number of fused-ring (bicyclic) bond motifs is 1. The summed E-state index contributed by atoms with van der Waals surface area (Å²) in [5.74, 6) is 0.644. The highest BCUT2D eigenvalue weighted by Crippen LogP contribution is 2.39. The van der Waals surface area contributed by atoms with Gasteiger partial charge in [0.2, 0.25) is 5.82 Å². The van der Waals surface area contributed by atoms with E-state index in [2.05, 4.69) is 30.9 Å². The molecule has 0 bridgehead atoms. The van der Waals surface area contributed by atoms with Crippen molar-refractivity contribution < 1.29 is 9.53 Å². The summed E-state index contributed by atoms with van der Waals surface area (Å²) < 4.78 is 6.90. The van der Waals surface area contributed by atoms with Crippen LogP contribution >= 0.6 is 34.5 Å². The van der Waals surface area contributed by atoms with E-state index < -0.39 is 0 Å². The molecule has 166 valence electrons. The van der Waals surface area contributed by atoms with Crippen LogP contribution in [0.2, 0.25) is 0 Å². The summed E-state index contributed by atoms with van der Waals surface area (Å²) in [6.45, 7) is 2.20. The summed E-state index contributed by atoms with van der Waals surface area (Å²) in [6, 6.07) is 13.5. The number of carbonyl (C=O) groups excluding carboxylic acids is 1. The molecule has 0 fully saturated rings. The molecule has 0 saturated heterocycles. The van der Waals surface area contributed by atoms with E-state index in [-0.39, 0.29) is 10.9 Å². The fourth-order valence-corrected chi connectivity index (χ4v) is 4.82. The molecule has 2 aromatic carbocycles. The van der Waals surface area contributed by atoms with Crippen LogP contribution in [0.1, 0.15) is 18.9 Å². The number of hydrogen-bond donors (Lipinski definition) is 2. The number of allylic oxidation sites excluding steroid dienone is 3. The van der Waals surface area contributed by atoms with E-state index in [9.17, 15) is 4.79 Å². The summed E-state index contributed by atoms with van der Waals surface area (Å²) in [5, 5.41) is 18.2. The Kier molecular flexibility index (Phi) is 5.84. The number of thiazole rings is 1. The minimum atomic E-state index is -0.334. The van der Waals surface area contributed by atoms with Gasteiger partial charge in [-0.25, -0.2) is 4.98 Å². The number of carbonyl (C=O) groups is 1. The molecule has 8 nitrogen and oxygen atoms in total. The first-order valence-electron chi connectivity index (χ1n) is 9.90. The third-order valence-corrected chi connectivity index (χ3v) is 7.01. The van der Waals surface area contributed by atoms with E-state index in [0.717, 1.165) is 15.8 Å². The second kappa shape index (κ2) is 8.93. The quantitative estimate of drug-likeness (QED) is 0.368. The van der Waals surface area contributed by atoms with E-state index >= 15 is 0 Å². The van der Waals surface area contributed by atoms with Gasteiger partial charge < -0.3 is 4.74 Å². The highest BCUT2D eigenvalue weighted by molar-refractivity contribution is 7.22. The molecular formula is C22H16Cl2N6O2S. The zero-order valence-corrected chi connectivity index (χ0v) is 19.6. The van der Waals surface area contributed by atoms with Crippen molar-refractivity contribution in [2.45, 2.75) is 20.0 Å². The third-order valence-electron chi connectivity index (χ3n) is 5.07. The smallest absolute Gasteiger partial charge is 0.255 e. The number of tetrazole rings is 1. The molecular weight excluding hydrogens is 483 g/mol. The van der Waals surface area contributed by atoms with Gasteiger partial charge in [-0.1, -0.05) is 64.9 Å². The van der Waals surface area contributed by atoms with Gasteiger partial charge in [0.25, 0.3) is 5.91 Å². The highest BCUT2D eigenvalue weighted by Gasteiger charge is 2.25. The average molecular weight is 499 g/mol. The molecule has 11 heteroatoms. The Morgan fingerprint density at radius 2 is 2.03 bits per heavy atom. The Bertz CT molecular complexity index is 1410. The lowest BCUT2D eigenvalue weighted by Crippen LogP contribution is -2.14. The van der Waals surface area contributed by atoms with E-state index in [0.29, 0.717) is 51.4 Å². The van der Waals surface area contributed by atoms with Crippen molar-refractivity contribution >= 4 is 55.8 Å². The molecule has 0 saturated carbocycles. The van der Waals surface area contributed by atoms with Crippen LogP contribution in [0, 0.1) is 0 Å². The molecule has 0 radical (unpaired) electrons. The Labute approximate surface area is 202 Å². The van der Waals surface area contributed by atoms with Crippen molar-refractivity contribution in [1.29, 1.82) is 0 Å². The summed E-state index contributed by atoms with van der Waals surface area (Å²) in [7, 11) is 0. The van der Waals surface area contributed by atoms with Crippen molar-refractivity contribution in [3.8, 4) is 17.1 Å². The van der Waals surface area contributed by atoms with Crippen molar-refractivity contribution in [3.05, 3.63) is 69.2 Å². The Morgan fingerprint density at radius 3 is 2.73 bits per heavy atom. The zero-order valence-electron chi connectivity index (χ0n) is 17.2. The number of nitrogens with zero attached hydrogens (tertiary/aromatic N) is 4. The van der Waals surface area contributed by atoms with Crippen LogP contribution in [0.25, 0.3) is 21.6 Å². The molecule has 1 aliphatic carbocycles. The maximum absolute atomic E-state index is 12.8. The first-order valence-corrected chi connectivity index (χ1v) is 11.5. The molecule has 2 aromatic heterocycles. The summed E-state index contributed by atoms with van der Waals surface area (Å²) in [4.78, 5) is 17.4. The van der Waals surface area contributed by atoms with E-state index in [1.807, 2.05) is 49.4 Å². The van der Waals surface area contributed by atoms with Crippen LogP contribution in [-0.4, -0.2) is 31.5 Å². The predicted octanol–water partition coefficient (Wildman–Crippen LogP) is 5.40. The topological polar surface area (TPSA) is 106 Å². The van der Waals surface area contributed by atoms with Gasteiger partial charge in [-0.05, 0) is 35.4 Å². The highest BCUT2D eigenvalue weighted by atomic mass is 35.5. The third kappa shape index (κ3) is 4.35. The number of benzene rings is 2. The largest absolute Gasteiger partial charge is 0.487 e. The average Bonchev–Trinajstić information content (AvgIpc) is 3.55. The number of rotatable bonds is 6. The maximum Gasteiger partial charge on any atom is 0.255 e. The monoisotopic (exact) mass is 498 g/mol. The molecule has 5 rings (SSSR count). The lowest BCUT2D eigenvalue weighted by molar-refractivity contribution is -0.112. The van der Waals surface area contributed by atoms with Crippen molar-refractivity contribution in [3.63, 3.8) is 0 Å². The fourth-order valence-electron chi connectivity index (χ4n) is 3.40. The van der Waals surface area contributed by atoms with Crippen LogP contribution in [0.5, 0.6) is 5.75 Å². The molecule has 33 heavy (non-hydrogen) atoms. The molecule has 1 amide bonds. The summed E-state index contributed by atoms with van der Waals surface area (Å²) in [6.07, 6.45) is 0.405. The van der Waals surface area contributed by atoms with Gasteiger partial charge in [-0.2, -0.15) is 5.21 Å². The number of anilines is 1. The number of amides is 1. The van der Waals surface area contributed by atoms with E-state index in [4.69, 9.17) is 27.9 Å². The number of nitrogens with one attached hydrogen (secondary N) is 2. The zero-order chi connectivity index (χ0) is 22.9. The van der Waals surface area contributed by atoms with Crippen LogP contribution in [0.3, 0.4) is 0 Å². The van der Waals surface area contributed by atoms with Gasteiger partial charge in [-0.3, -0.25) is 10.1 Å². The van der Waals surface area contributed by atoms with Gasteiger partial charge >= 0.3 is 0 Å². The van der Waals surface area contributed by atoms with Crippen molar-refractivity contribution in [2.75, 3.05) is 5.32 Å². The normalized spacial score (nSPS) is 13.8. The van der Waals surface area contributed by atoms with Gasteiger partial charge in [0.15, 0.2) is 5.13 Å². The molecule has 2 heterocycles. The van der Waals surface area contributed by atoms with Crippen LogP contribution in [0.15, 0.2) is 63.7 Å². The Balaban J connectivity index is 1.47. The second-order valence-corrected chi connectivity index (χ2v) is 9.15. The first kappa shape index (κ1) is 21.6.